The molecule has 1 heterocycles. The van der Waals surface area contributed by atoms with E-state index in [-0.39, 0.29) is 0 Å². The molecule has 18 heavy (non-hydrogen) atoms. The van der Waals surface area contributed by atoms with Gasteiger partial charge in [0.1, 0.15) is 5.01 Å². The van der Waals surface area contributed by atoms with E-state index in [9.17, 15) is 0 Å². The summed E-state index contributed by atoms with van der Waals surface area (Å²) >= 11 is 1.73. The van der Waals surface area contributed by atoms with Crippen molar-refractivity contribution in [3.8, 4) is 10.6 Å². The van der Waals surface area contributed by atoms with Gasteiger partial charge in [-0.1, -0.05) is 24.6 Å². The highest BCUT2D eigenvalue weighted by molar-refractivity contribution is 7.13. The molecule has 0 spiro atoms. The number of nitrogens with zero attached hydrogens (tertiary/aromatic N) is 1. The quantitative estimate of drug-likeness (QED) is 0.906. The van der Waals surface area contributed by atoms with Crippen molar-refractivity contribution in [2.75, 3.05) is 6.54 Å². The van der Waals surface area contributed by atoms with Gasteiger partial charge in [0, 0.05) is 16.9 Å². The minimum absolute atomic E-state index is 0.449. The first-order valence-electron chi connectivity index (χ1n) is 6.35. The van der Waals surface area contributed by atoms with Crippen LogP contribution in [0.2, 0.25) is 0 Å². The molecule has 0 radical (unpaired) electrons. The van der Waals surface area contributed by atoms with Crippen molar-refractivity contribution in [1.82, 2.24) is 4.98 Å². The lowest BCUT2D eigenvalue weighted by atomic mass is 10.0. The largest absolute Gasteiger partial charge is 0.330 e. The predicted octanol–water partition coefficient (Wildman–Crippen LogP) is 3.88. The van der Waals surface area contributed by atoms with E-state index in [4.69, 9.17) is 10.7 Å². The molecule has 0 saturated carbocycles. The van der Waals surface area contributed by atoms with Gasteiger partial charge in [-0.3, -0.25) is 0 Å². The lowest BCUT2D eigenvalue weighted by Crippen LogP contribution is -2.04. The van der Waals surface area contributed by atoms with Crippen LogP contribution in [0.5, 0.6) is 0 Å². The van der Waals surface area contributed by atoms with Crippen LogP contribution in [0.3, 0.4) is 0 Å². The molecule has 2 rings (SSSR count). The Bertz CT molecular complexity index is 531. The lowest BCUT2D eigenvalue weighted by Gasteiger charge is -2.06. The Labute approximate surface area is 113 Å². The van der Waals surface area contributed by atoms with Crippen molar-refractivity contribution in [3.05, 3.63) is 40.4 Å². The smallest absolute Gasteiger partial charge is 0.123 e. The second-order valence-corrected chi connectivity index (χ2v) is 5.73. The first-order valence-corrected chi connectivity index (χ1v) is 7.23. The molecule has 96 valence electrons. The van der Waals surface area contributed by atoms with E-state index in [1.807, 2.05) is 0 Å². The fraction of sp³-hybridized carbons (Fsp3) is 0.400. The maximum atomic E-state index is 5.60. The van der Waals surface area contributed by atoms with Gasteiger partial charge < -0.3 is 5.73 Å². The van der Waals surface area contributed by atoms with E-state index < -0.39 is 0 Å². The molecule has 2 aromatic rings. The standard InChI is InChI=1S/C15H20N2S/c1-10-4-5-11(2)13(8-10)15-17-14(9-18-15)12(3)6-7-16/h4-5,8-9,12H,6-7,16H2,1-3H3. The van der Waals surface area contributed by atoms with Gasteiger partial charge in [-0.15, -0.1) is 11.3 Å². The second kappa shape index (κ2) is 5.63. The molecule has 0 amide bonds. The van der Waals surface area contributed by atoms with Crippen LogP contribution < -0.4 is 5.73 Å². The van der Waals surface area contributed by atoms with Crippen LogP contribution in [-0.4, -0.2) is 11.5 Å². The number of aryl methyl sites for hydroxylation is 2. The summed E-state index contributed by atoms with van der Waals surface area (Å²) in [6.07, 6.45) is 0.996. The SMILES string of the molecule is Cc1ccc(C)c(-c2nc(C(C)CCN)cs2)c1. The first kappa shape index (κ1) is 13.2. The molecular formula is C15H20N2S. The molecule has 0 fully saturated rings. The monoisotopic (exact) mass is 260 g/mol. The summed E-state index contributed by atoms with van der Waals surface area (Å²) in [5, 5.41) is 3.28. The van der Waals surface area contributed by atoms with E-state index >= 15 is 0 Å². The summed E-state index contributed by atoms with van der Waals surface area (Å²) in [5.41, 5.74) is 10.6. The van der Waals surface area contributed by atoms with Crippen molar-refractivity contribution < 1.29 is 0 Å². The Balaban J connectivity index is 2.32. The van der Waals surface area contributed by atoms with Crippen LogP contribution >= 0.6 is 11.3 Å². The Kier molecular flexibility index (Phi) is 4.15. The molecule has 1 aromatic carbocycles. The maximum absolute atomic E-state index is 5.60. The molecule has 2 nitrogen and oxygen atoms in total. The summed E-state index contributed by atoms with van der Waals surface area (Å²) in [6.45, 7) is 7.17. The zero-order valence-electron chi connectivity index (χ0n) is 11.2. The number of hydrogen-bond acceptors (Lipinski definition) is 3. The Hall–Kier alpha value is -1.19. The number of aromatic nitrogens is 1. The average molecular weight is 260 g/mol. The van der Waals surface area contributed by atoms with Crippen LogP contribution in [0.1, 0.15) is 36.1 Å². The zero-order chi connectivity index (χ0) is 13.1. The van der Waals surface area contributed by atoms with Gasteiger partial charge in [-0.25, -0.2) is 4.98 Å². The fourth-order valence-corrected chi connectivity index (χ4v) is 3.02. The van der Waals surface area contributed by atoms with Gasteiger partial charge in [0.2, 0.25) is 0 Å². The van der Waals surface area contributed by atoms with E-state index in [2.05, 4.69) is 44.4 Å². The third kappa shape index (κ3) is 2.79. The third-order valence-electron chi connectivity index (χ3n) is 3.25. The number of rotatable bonds is 4. The van der Waals surface area contributed by atoms with Gasteiger partial charge in [0.25, 0.3) is 0 Å². The summed E-state index contributed by atoms with van der Waals surface area (Å²) in [6, 6.07) is 6.52. The molecule has 3 heteroatoms. The fourth-order valence-electron chi connectivity index (χ4n) is 2.00. The van der Waals surface area contributed by atoms with Crippen LogP contribution in [-0.2, 0) is 0 Å². The van der Waals surface area contributed by atoms with Crippen molar-refractivity contribution >= 4 is 11.3 Å². The Morgan fingerprint density at radius 1 is 1.33 bits per heavy atom. The Morgan fingerprint density at radius 3 is 2.83 bits per heavy atom. The molecule has 0 saturated heterocycles. The topological polar surface area (TPSA) is 38.9 Å². The second-order valence-electron chi connectivity index (χ2n) is 4.87. The van der Waals surface area contributed by atoms with Gasteiger partial charge in [0.05, 0.1) is 5.69 Å². The van der Waals surface area contributed by atoms with E-state index in [0.29, 0.717) is 5.92 Å². The number of nitrogens with two attached hydrogens (primary N) is 1. The molecule has 1 aromatic heterocycles. The molecule has 1 atom stereocenters. The minimum Gasteiger partial charge on any atom is -0.330 e. The molecule has 1 unspecified atom stereocenters. The average Bonchev–Trinajstić information content (AvgIpc) is 2.82. The van der Waals surface area contributed by atoms with E-state index in [0.717, 1.165) is 18.0 Å². The van der Waals surface area contributed by atoms with Crippen molar-refractivity contribution in [1.29, 1.82) is 0 Å². The van der Waals surface area contributed by atoms with Gasteiger partial charge in [-0.2, -0.15) is 0 Å². The van der Waals surface area contributed by atoms with Crippen LogP contribution in [0, 0.1) is 13.8 Å². The molecule has 0 aliphatic heterocycles. The minimum atomic E-state index is 0.449. The highest BCUT2D eigenvalue weighted by atomic mass is 32.1. The van der Waals surface area contributed by atoms with E-state index in [1.165, 1.54) is 22.4 Å². The van der Waals surface area contributed by atoms with E-state index in [1.54, 1.807) is 11.3 Å². The zero-order valence-corrected chi connectivity index (χ0v) is 12.1. The highest BCUT2D eigenvalue weighted by Gasteiger charge is 2.12. The maximum Gasteiger partial charge on any atom is 0.123 e. The van der Waals surface area contributed by atoms with Gasteiger partial charge >= 0.3 is 0 Å². The van der Waals surface area contributed by atoms with Gasteiger partial charge in [-0.05, 0) is 38.4 Å². The van der Waals surface area contributed by atoms with Crippen molar-refractivity contribution in [2.45, 2.75) is 33.1 Å². The lowest BCUT2D eigenvalue weighted by molar-refractivity contribution is 0.675. The predicted molar refractivity (Wildman–Crippen MR) is 79.1 cm³/mol. The summed E-state index contributed by atoms with van der Waals surface area (Å²) < 4.78 is 0. The molecule has 0 aliphatic rings. The molecule has 2 N–H and O–H groups in total. The van der Waals surface area contributed by atoms with Gasteiger partial charge in [0.15, 0.2) is 0 Å². The normalized spacial score (nSPS) is 12.7. The summed E-state index contributed by atoms with van der Waals surface area (Å²) in [7, 11) is 0. The van der Waals surface area contributed by atoms with Crippen LogP contribution in [0.25, 0.3) is 10.6 Å². The van der Waals surface area contributed by atoms with Crippen molar-refractivity contribution in [3.63, 3.8) is 0 Å². The van der Waals surface area contributed by atoms with Crippen molar-refractivity contribution in [2.24, 2.45) is 5.73 Å². The molecule has 0 aliphatic carbocycles. The molecule has 0 bridgehead atoms. The number of thiazole rings is 1. The summed E-state index contributed by atoms with van der Waals surface area (Å²) in [4.78, 5) is 4.76. The Morgan fingerprint density at radius 2 is 2.11 bits per heavy atom. The third-order valence-corrected chi connectivity index (χ3v) is 4.14. The number of hydrogen-bond donors (Lipinski definition) is 1. The number of benzene rings is 1. The summed E-state index contributed by atoms with van der Waals surface area (Å²) in [5.74, 6) is 0.449. The van der Waals surface area contributed by atoms with Crippen LogP contribution in [0.4, 0.5) is 0 Å². The first-order chi connectivity index (χ1) is 8.61. The highest BCUT2D eigenvalue weighted by Crippen LogP contribution is 2.30. The molecular weight excluding hydrogens is 240 g/mol. The van der Waals surface area contributed by atoms with Crippen LogP contribution in [0.15, 0.2) is 23.6 Å².